The maximum Gasteiger partial charge on any atom is 0.160 e. The lowest BCUT2D eigenvalue weighted by atomic mass is 9.43. The lowest BCUT2D eigenvalue weighted by molar-refractivity contribution is -0.0435. The molecule has 2 aromatic heterocycles. The predicted octanol–water partition coefficient (Wildman–Crippen LogP) is 10.6. The molecule has 2 heterocycles. The summed E-state index contributed by atoms with van der Waals surface area (Å²) in [6.07, 6.45) is 6.59. The first-order valence-corrected chi connectivity index (χ1v) is 17.3. The Morgan fingerprint density at radius 3 is 1.81 bits per heavy atom. The number of fused-ring (bicyclic) bond motifs is 3. The first kappa shape index (κ1) is 27.1. The van der Waals surface area contributed by atoms with Gasteiger partial charge in [0.25, 0.3) is 0 Å². The SMILES string of the molecule is c1ccc(-c2cc(C3(c4ccc5c(c4)c4ccccc4n5-c4ccccc4)C4CC5CC(C4)CC3C5)nc(-c3ccccc3)n2)cc1. The molecule has 4 aliphatic rings. The summed E-state index contributed by atoms with van der Waals surface area (Å²) in [6, 6.07) is 50.8. The Hall–Kier alpha value is -5.02. The Bertz CT molecular complexity index is 2170. The molecule has 47 heavy (non-hydrogen) atoms. The fraction of sp³-hybridized carbons (Fsp3) is 0.227. The van der Waals surface area contributed by atoms with E-state index in [2.05, 4.69) is 144 Å². The number of rotatable bonds is 5. The largest absolute Gasteiger partial charge is 0.309 e. The minimum absolute atomic E-state index is 0.159. The zero-order valence-corrected chi connectivity index (χ0v) is 26.5. The second kappa shape index (κ2) is 10.5. The molecule has 3 nitrogen and oxygen atoms in total. The number of para-hydroxylation sites is 2. The van der Waals surface area contributed by atoms with Gasteiger partial charge in [-0.15, -0.1) is 0 Å². The molecule has 228 valence electrons. The summed E-state index contributed by atoms with van der Waals surface area (Å²) in [7, 11) is 0. The molecule has 3 heteroatoms. The molecule has 0 aliphatic heterocycles. The molecule has 4 aliphatic carbocycles. The standard InChI is InChI=1S/C44H37N3/c1-4-12-31(13-5-1)39-28-42(46-43(45-39)32-14-6-2-7-15-32)44(34-23-29-22-30(25-34)26-35(44)24-29)33-20-21-41-38(27-33)37-18-10-11-19-40(37)47(41)36-16-8-3-9-17-36/h1-21,27-30,34-35H,22-26H2. The van der Waals surface area contributed by atoms with E-state index in [9.17, 15) is 0 Å². The van der Waals surface area contributed by atoms with E-state index in [1.165, 1.54) is 70.9 Å². The lowest BCUT2D eigenvalue weighted by Gasteiger charge is -2.61. The zero-order chi connectivity index (χ0) is 31.0. The minimum Gasteiger partial charge on any atom is -0.309 e. The molecule has 0 radical (unpaired) electrons. The number of hydrogen-bond donors (Lipinski definition) is 0. The van der Waals surface area contributed by atoms with Gasteiger partial charge in [0, 0.05) is 33.0 Å². The molecule has 0 atom stereocenters. The lowest BCUT2D eigenvalue weighted by Crippen LogP contribution is -2.56. The highest BCUT2D eigenvalue weighted by Crippen LogP contribution is 2.65. The van der Waals surface area contributed by atoms with Crippen LogP contribution in [-0.4, -0.2) is 14.5 Å². The van der Waals surface area contributed by atoms with E-state index < -0.39 is 0 Å². The van der Waals surface area contributed by atoms with Crippen LogP contribution in [0.3, 0.4) is 0 Å². The van der Waals surface area contributed by atoms with Crippen LogP contribution in [0.1, 0.15) is 43.4 Å². The molecule has 0 saturated heterocycles. The van der Waals surface area contributed by atoms with E-state index in [0.29, 0.717) is 11.8 Å². The van der Waals surface area contributed by atoms with Gasteiger partial charge in [-0.2, -0.15) is 0 Å². The number of benzene rings is 5. The second-order valence-electron chi connectivity index (χ2n) is 14.3. The summed E-state index contributed by atoms with van der Waals surface area (Å²) in [5, 5.41) is 2.64. The smallest absolute Gasteiger partial charge is 0.160 e. The second-order valence-corrected chi connectivity index (χ2v) is 14.3. The molecular weight excluding hydrogens is 571 g/mol. The van der Waals surface area contributed by atoms with Crippen LogP contribution in [0.4, 0.5) is 0 Å². The van der Waals surface area contributed by atoms with Crippen LogP contribution < -0.4 is 0 Å². The minimum atomic E-state index is -0.159. The number of hydrogen-bond acceptors (Lipinski definition) is 2. The first-order valence-electron chi connectivity index (χ1n) is 17.3. The van der Waals surface area contributed by atoms with Gasteiger partial charge >= 0.3 is 0 Å². The van der Waals surface area contributed by atoms with Crippen LogP contribution in [0.15, 0.2) is 140 Å². The number of nitrogens with zero attached hydrogens (tertiary/aromatic N) is 3. The Kier molecular flexibility index (Phi) is 6.06. The zero-order valence-electron chi connectivity index (χ0n) is 26.5. The van der Waals surface area contributed by atoms with Gasteiger partial charge in [-0.05, 0) is 97.7 Å². The van der Waals surface area contributed by atoms with Crippen molar-refractivity contribution in [2.75, 3.05) is 0 Å². The van der Waals surface area contributed by atoms with E-state index in [4.69, 9.17) is 9.97 Å². The fourth-order valence-corrected chi connectivity index (χ4v) is 10.2. The Balaban J connectivity index is 1.26. The third-order valence-electron chi connectivity index (χ3n) is 11.8. The maximum absolute atomic E-state index is 5.60. The summed E-state index contributed by atoms with van der Waals surface area (Å²) >= 11 is 0. The molecule has 5 aromatic carbocycles. The average molecular weight is 608 g/mol. The van der Waals surface area contributed by atoms with E-state index in [1.54, 1.807) is 0 Å². The quantitative estimate of drug-likeness (QED) is 0.195. The predicted molar refractivity (Wildman–Crippen MR) is 192 cm³/mol. The summed E-state index contributed by atoms with van der Waals surface area (Å²) in [6.45, 7) is 0. The third kappa shape index (κ3) is 4.12. The highest BCUT2D eigenvalue weighted by Gasteiger charge is 2.59. The van der Waals surface area contributed by atoms with Gasteiger partial charge < -0.3 is 4.57 Å². The maximum atomic E-state index is 5.60. The molecule has 11 rings (SSSR count). The summed E-state index contributed by atoms with van der Waals surface area (Å²) in [5.41, 5.74) is 9.45. The summed E-state index contributed by atoms with van der Waals surface area (Å²) in [5.74, 6) is 3.66. The molecule has 0 N–H and O–H groups in total. The van der Waals surface area contributed by atoms with Crippen LogP contribution in [0.5, 0.6) is 0 Å². The summed E-state index contributed by atoms with van der Waals surface area (Å²) in [4.78, 5) is 10.8. The van der Waals surface area contributed by atoms with Crippen molar-refractivity contribution >= 4 is 21.8 Å². The van der Waals surface area contributed by atoms with Crippen molar-refractivity contribution in [3.63, 3.8) is 0 Å². The Morgan fingerprint density at radius 2 is 1.11 bits per heavy atom. The van der Waals surface area contributed by atoms with Gasteiger partial charge in [-0.3, -0.25) is 0 Å². The molecule has 4 saturated carbocycles. The van der Waals surface area contributed by atoms with Crippen LogP contribution in [0, 0.1) is 23.7 Å². The molecule has 4 fully saturated rings. The number of aromatic nitrogens is 3. The molecule has 0 spiro atoms. The monoisotopic (exact) mass is 607 g/mol. The van der Waals surface area contributed by atoms with Crippen LogP contribution >= 0.6 is 0 Å². The third-order valence-corrected chi connectivity index (χ3v) is 11.8. The van der Waals surface area contributed by atoms with Gasteiger partial charge in [0.05, 0.1) is 22.4 Å². The van der Waals surface area contributed by atoms with E-state index >= 15 is 0 Å². The Morgan fingerprint density at radius 1 is 0.511 bits per heavy atom. The molecular formula is C44H37N3. The van der Waals surface area contributed by atoms with Crippen molar-refractivity contribution in [3.05, 3.63) is 151 Å². The summed E-state index contributed by atoms with van der Waals surface area (Å²) < 4.78 is 2.43. The van der Waals surface area contributed by atoms with E-state index in [1.807, 2.05) is 0 Å². The molecule has 7 aromatic rings. The van der Waals surface area contributed by atoms with E-state index in [-0.39, 0.29) is 5.41 Å². The first-order chi connectivity index (χ1) is 23.3. The highest BCUT2D eigenvalue weighted by molar-refractivity contribution is 6.09. The molecule has 0 unspecified atom stereocenters. The van der Waals surface area contributed by atoms with Crippen molar-refractivity contribution in [3.8, 4) is 28.3 Å². The van der Waals surface area contributed by atoms with Crippen LogP contribution in [0.2, 0.25) is 0 Å². The van der Waals surface area contributed by atoms with Gasteiger partial charge in [0.1, 0.15) is 0 Å². The molecule has 0 amide bonds. The molecule has 4 bridgehead atoms. The van der Waals surface area contributed by atoms with Crippen LogP contribution in [-0.2, 0) is 5.41 Å². The van der Waals surface area contributed by atoms with Crippen molar-refractivity contribution in [1.29, 1.82) is 0 Å². The van der Waals surface area contributed by atoms with Gasteiger partial charge in [-0.1, -0.05) is 103 Å². The van der Waals surface area contributed by atoms with Crippen molar-refractivity contribution in [2.45, 2.75) is 37.5 Å². The van der Waals surface area contributed by atoms with Crippen LogP contribution in [0.25, 0.3) is 50.1 Å². The Labute approximate surface area is 276 Å². The van der Waals surface area contributed by atoms with E-state index in [0.717, 1.165) is 34.5 Å². The average Bonchev–Trinajstić information content (AvgIpc) is 3.46. The fourth-order valence-electron chi connectivity index (χ4n) is 10.2. The van der Waals surface area contributed by atoms with Gasteiger partial charge in [0.15, 0.2) is 5.82 Å². The van der Waals surface area contributed by atoms with Gasteiger partial charge in [-0.25, -0.2) is 9.97 Å². The highest BCUT2D eigenvalue weighted by atomic mass is 15.0. The van der Waals surface area contributed by atoms with Gasteiger partial charge in [0.2, 0.25) is 0 Å². The van der Waals surface area contributed by atoms with Crippen molar-refractivity contribution in [2.24, 2.45) is 23.7 Å². The normalized spacial score (nSPS) is 24.7. The topological polar surface area (TPSA) is 30.7 Å². The van der Waals surface area contributed by atoms with Crippen molar-refractivity contribution in [1.82, 2.24) is 14.5 Å². The van der Waals surface area contributed by atoms with Crippen molar-refractivity contribution < 1.29 is 0 Å².